The average molecular weight is 410 g/mol. The molecule has 0 aliphatic carbocycles. The van der Waals surface area contributed by atoms with Gasteiger partial charge < -0.3 is 5.11 Å². The van der Waals surface area contributed by atoms with Crippen molar-refractivity contribution in [3.8, 4) is 0 Å². The molecule has 6 nitrogen and oxygen atoms in total. The Morgan fingerprint density at radius 1 is 1.03 bits per heavy atom. The Bertz CT molecular complexity index is 1130. The molecule has 1 aromatic heterocycles. The van der Waals surface area contributed by atoms with Gasteiger partial charge in [0.05, 0.1) is 11.6 Å². The van der Waals surface area contributed by atoms with Crippen LogP contribution in [0.2, 0.25) is 5.02 Å². The third-order valence-electron chi connectivity index (χ3n) is 4.49. The van der Waals surface area contributed by atoms with Crippen molar-refractivity contribution in [3.63, 3.8) is 0 Å². The molecule has 2 heterocycles. The van der Waals surface area contributed by atoms with Gasteiger partial charge in [0.1, 0.15) is 11.6 Å². The second-order valence-corrected chi connectivity index (χ2v) is 6.72. The molecule has 0 bridgehead atoms. The largest absolute Gasteiger partial charge is 0.507 e. The monoisotopic (exact) mass is 409 g/mol. The average Bonchev–Trinajstić information content (AvgIpc) is 2.99. The lowest BCUT2D eigenvalue weighted by Gasteiger charge is -2.23. The number of carbonyl (C=O) groups is 2. The Kier molecular flexibility index (Phi) is 4.82. The van der Waals surface area contributed by atoms with E-state index in [0.717, 1.165) is 17.0 Å². The number of amides is 1. The normalized spacial score (nSPS) is 18.3. The number of benzene rings is 2. The highest BCUT2D eigenvalue weighted by Crippen LogP contribution is 2.41. The van der Waals surface area contributed by atoms with E-state index >= 15 is 0 Å². The molecule has 1 N–H and O–H groups in total. The molecule has 0 spiro atoms. The van der Waals surface area contributed by atoms with Gasteiger partial charge in [0.15, 0.2) is 0 Å². The first kappa shape index (κ1) is 18.8. The van der Waals surface area contributed by atoms with Gasteiger partial charge in [-0.05, 0) is 48.0 Å². The summed E-state index contributed by atoms with van der Waals surface area (Å²) in [6.07, 6.45) is 2.88. The third-order valence-corrected chi connectivity index (χ3v) is 4.73. The fourth-order valence-electron chi connectivity index (χ4n) is 3.21. The van der Waals surface area contributed by atoms with Gasteiger partial charge in [-0.1, -0.05) is 23.7 Å². The lowest BCUT2D eigenvalue weighted by Crippen LogP contribution is -2.31. The second kappa shape index (κ2) is 7.44. The number of Topliss-reactive ketones (excluding diaryl/α,β-unsaturated/α-hetero) is 1. The maximum absolute atomic E-state index is 13.3. The summed E-state index contributed by atoms with van der Waals surface area (Å²) >= 11 is 6.11. The highest BCUT2D eigenvalue weighted by molar-refractivity contribution is 6.51. The van der Waals surface area contributed by atoms with Crippen molar-refractivity contribution >= 4 is 35.0 Å². The van der Waals surface area contributed by atoms with Gasteiger partial charge in [0.25, 0.3) is 5.78 Å². The van der Waals surface area contributed by atoms with E-state index in [1.54, 1.807) is 30.3 Å². The molecule has 1 aliphatic rings. The standard InChI is InChI=1S/C21H13ClFN3O3/c22-14-4-1-3-13(11-14)17-16(18(27)12-5-7-15(23)8-6-12)19(28)20(29)26(17)21-24-9-2-10-25-21/h1-11,17,27H/b18-16-. The number of anilines is 1. The van der Waals surface area contributed by atoms with Crippen molar-refractivity contribution in [2.24, 2.45) is 0 Å². The number of hydrogen-bond acceptors (Lipinski definition) is 5. The topological polar surface area (TPSA) is 83.4 Å². The Balaban J connectivity index is 1.95. The van der Waals surface area contributed by atoms with E-state index < -0.39 is 29.3 Å². The van der Waals surface area contributed by atoms with Crippen LogP contribution in [0.1, 0.15) is 17.2 Å². The van der Waals surface area contributed by atoms with Crippen molar-refractivity contribution in [1.82, 2.24) is 9.97 Å². The molecule has 1 aliphatic heterocycles. The fourth-order valence-corrected chi connectivity index (χ4v) is 3.41. The molecule has 4 rings (SSSR count). The summed E-state index contributed by atoms with van der Waals surface area (Å²) in [5.74, 6) is -2.69. The van der Waals surface area contributed by atoms with Crippen LogP contribution >= 0.6 is 11.6 Å². The minimum Gasteiger partial charge on any atom is -0.507 e. The number of carbonyl (C=O) groups excluding carboxylic acids is 2. The summed E-state index contributed by atoms with van der Waals surface area (Å²) in [6.45, 7) is 0. The molecule has 1 fully saturated rings. The van der Waals surface area contributed by atoms with Crippen LogP contribution < -0.4 is 4.90 Å². The van der Waals surface area contributed by atoms with E-state index in [1.165, 1.54) is 24.5 Å². The van der Waals surface area contributed by atoms with Crippen LogP contribution in [-0.4, -0.2) is 26.8 Å². The van der Waals surface area contributed by atoms with Crippen LogP contribution in [0, 0.1) is 5.82 Å². The van der Waals surface area contributed by atoms with Crippen LogP contribution in [0.15, 0.2) is 72.6 Å². The van der Waals surface area contributed by atoms with Gasteiger partial charge in [-0.25, -0.2) is 14.4 Å². The van der Waals surface area contributed by atoms with Crippen LogP contribution in [0.5, 0.6) is 0 Å². The predicted octanol–water partition coefficient (Wildman–Crippen LogP) is 3.90. The maximum atomic E-state index is 13.3. The summed E-state index contributed by atoms with van der Waals surface area (Å²) in [5.41, 5.74) is 0.537. The zero-order chi connectivity index (χ0) is 20.5. The third kappa shape index (κ3) is 3.36. The quantitative estimate of drug-likeness (QED) is 0.403. The van der Waals surface area contributed by atoms with Crippen molar-refractivity contribution < 1.29 is 19.1 Å². The molecule has 8 heteroatoms. The number of nitrogens with zero attached hydrogens (tertiary/aromatic N) is 3. The number of aromatic nitrogens is 2. The van der Waals surface area contributed by atoms with Crippen LogP contribution in [0.25, 0.3) is 5.76 Å². The Hall–Kier alpha value is -3.58. The van der Waals surface area contributed by atoms with E-state index in [4.69, 9.17) is 11.6 Å². The molecular weight excluding hydrogens is 397 g/mol. The molecule has 0 saturated carbocycles. The lowest BCUT2D eigenvalue weighted by atomic mass is 9.95. The number of ketones is 1. The molecule has 2 aromatic carbocycles. The number of halogens is 2. The van der Waals surface area contributed by atoms with Crippen molar-refractivity contribution in [2.75, 3.05) is 4.90 Å². The van der Waals surface area contributed by atoms with Gasteiger partial charge in [-0.3, -0.25) is 14.5 Å². The number of aliphatic hydroxyl groups is 1. The SMILES string of the molecule is O=C1C(=O)N(c2ncccn2)C(c2cccc(Cl)c2)/C1=C(/O)c1ccc(F)cc1. The molecule has 144 valence electrons. The summed E-state index contributed by atoms with van der Waals surface area (Å²) in [5, 5.41) is 11.2. The first-order valence-corrected chi connectivity index (χ1v) is 8.94. The highest BCUT2D eigenvalue weighted by Gasteiger charge is 2.48. The van der Waals surface area contributed by atoms with Gasteiger partial charge in [-0.15, -0.1) is 0 Å². The molecular formula is C21H13ClFN3O3. The van der Waals surface area contributed by atoms with Crippen molar-refractivity contribution in [1.29, 1.82) is 0 Å². The summed E-state index contributed by atoms with van der Waals surface area (Å²) < 4.78 is 13.3. The molecule has 29 heavy (non-hydrogen) atoms. The minimum atomic E-state index is -0.999. The summed E-state index contributed by atoms with van der Waals surface area (Å²) in [6, 6.07) is 12.1. The molecule has 1 saturated heterocycles. The molecule has 1 amide bonds. The van der Waals surface area contributed by atoms with Crippen LogP contribution in [0.3, 0.4) is 0 Å². The van der Waals surface area contributed by atoms with E-state index in [0.29, 0.717) is 10.6 Å². The smallest absolute Gasteiger partial charge is 0.302 e. The predicted molar refractivity (Wildman–Crippen MR) is 105 cm³/mol. The molecule has 3 aromatic rings. The van der Waals surface area contributed by atoms with E-state index in [9.17, 15) is 19.1 Å². The zero-order valence-corrected chi connectivity index (χ0v) is 15.5. The van der Waals surface area contributed by atoms with E-state index in [1.807, 2.05) is 0 Å². The molecule has 1 atom stereocenters. The van der Waals surface area contributed by atoms with Gasteiger partial charge in [0.2, 0.25) is 5.95 Å². The molecule has 1 unspecified atom stereocenters. The minimum absolute atomic E-state index is 0.0118. The Labute approximate surface area is 169 Å². The van der Waals surface area contributed by atoms with Gasteiger partial charge in [-0.2, -0.15) is 0 Å². The highest BCUT2D eigenvalue weighted by atomic mass is 35.5. The van der Waals surface area contributed by atoms with Gasteiger partial charge >= 0.3 is 5.91 Å². The second-order valence-electron chi connectivity index (χ2n) is 6.28. The number of hydrogen-bond donors (Lipinski definition) is 1. The lowest BCUT2D eigenvalue weighted by molar-refractivity contribution is -0.132. The van der Waals surface area contributed by atoms with E-state index in [-0.39, 0.29) is 17.1 Å². The summed E-state index contributed by atoms with van der Waals surface area (Å²) in [4.78, 5) is 35.0. The van der Waals surface area contributed by atoms with E-state index in [2.05, 4.69) is 9.97 Å². The molecule has 0 radical (unpaired) electrons. The number of rotatable bonds is 3. The van der Waals surface area contributed by atoms with Crippen molar-refractivity contribution in [2.45, 2.75) is 6.04 Å². The fraction of sp³-hybridized carbons (Fsp3) is 0.0476. The van der Waals surface area contributed by atoms with Crippen LogP contribution in [-0.2, 0) is 9.59 Å². The zero-order valence-electron chi connectivity index (χ0n) is 14.8. The number of aliphatic hydroxyl groups excluding tert-OH is 1. The van der Waals surface area contributed by atoms with Crippen LogP contribution in [0.4, 0.5) is 10.3 Å². The summed E-state index contributed by atoms with van der Waals surface area (Å²) in [7, 11) is 0. The van der Waals surface area contributed by atoms with Gasteiger partial charge in [0, 0.05) is 23.0 Å². The Morgan fingerprint density at radius 3 is 2.38 bits per heavy atom. The first-order valence-electron chi connectivity index (χ1n) is 8.57. The maximum Gasteiger partial charge on any atom is 0.302 e. The van der Waals surface area contributed by atoms with Crippen molar-refractivity contribution in [3.05, 3.63) is 94.5 Å². The first-order chi connectivity index (χ1) is 14.0. The Morgan fingerprint density at radius 2 is 1.72 bits per heavy atom.